The quantitative estimate of drug-likeness (QED) is 0.730. The molecule has 0 aliphatic heterocycles. The molecule has 1 aromatic carbocycles. The molecule has 1 heterocycles. The third kappa shape index (κ3) is 3.24. The van der Waals surface area contributed by atoms with Crippen LogP contribution in [0.2, 0.25) is 0 Å². The van der Waals surface area contributed by atoms with Gasteiger partial charge in [0.2, 0.25) is 10.0 Å². The molecule has 2 rings (SSSR count). The van der Waals surface area contributed by atoms with Crippen LogP contribution in [-0.4, -0.2) is 24.9 Å². The van der Waals surface area contributed by atoms with Gasteiger partial charge in [-0.15, -0.1) is 0 Å². The molecule has 4 N–H and O–H groups in total. The largest absolute Gasteiger partial charge is 0.348 e. The van der Waals surface area contributed by atoms with Gasteiger partial charge in [0.25, 0.3) is 0 Å². The van der Waals surface area contributed by atoms with Crippen LogP contribution in [0.5, 0.6) is 0 Å². The van der Waals surface area contributed by atoms with Crippen molar-refractivity contribution in [2.45, 2.75) is 24.8 Å². The zero-order valence-corrected chi connectivity index (χ0v) is 12.1. The number of H-pyrrole nitrogens is 1. The van der Waals surface area contributed by atoms with Crippen molar-refractivity contribution < 1.29 is 8.42 Å². The zero-order valence-electron chi connectivity index (χ0n) is 11.3. The van der Waals surface area contributed by atoms with Crippen molar-refractivity contribution in [2.75, 3.05) is 6.54 Å². The summed E-state index contributed by atoms with van der Waals surface area (Å²) in [5.41, 5.74) is 8.02. The fourth-order valence-corrected chi connectivity index (χ4v) is 3.31. The van der Waals surface area contributed by atoms with Crippen LogP contribution in [0, 0.1) is 6.92 Å². The molecule has 2 aromatic rings. The molecule has 0 aliphatic carbocycles. The molecule has 6 nitrogen and oxygen atoms in total. The number of hydrogen-bond donors (Lipinski definition) is 3. The lowest BCUT2D eigenvalue weighted by atomic mass is 10.1. The van der Waals surface area contributed by atoms with E-state index in [4.69, 9.17) is 5.73 Å². The van der Waals surface area contributed by atoms with E-state index in [2.05, 4.69) is 14.7 Å². The first-order valence-corrected chi connectivity index (χ1v) is 7.78. The molecule has 0 spiro atoms. The first-order chi connectivity index (χ1) is 9.54. The van der Waals surface area contributed by atoms with Gasteiger partial charge in [0.15, 0.2) is 0 Å². The van der Waals surface area contributed by atoms with Gasteiger partial charge >= 0.3 is 0 Å². The molecule has 7 heteroatoms. The molecule has 0 radical (unpaired) electrons. The van der Waals surface area contributed by atoms with E-state index in [0.29, 0.717) is 25.1 Å². The molecule has 0 aliphatic rings. The van der Waals surface area contributed by atoms with Crippen molar-refractivity contribution in [3.8, 4) is 0 Å². The number of nitrogens with two attached hydrogens (primary N) is 1. The third-order valence-electron chi connectivity index (χ3n) is 3.15. The summed E-state index contributed by atoms with van der Waals surface area (Å²) in [4.78, 5) is 7.10. The highest BCUT2D eigenvalue weighted by Crippen LogP contribution is 2.18. The maximum atomic E-state index is 12.3. The third-order valence-corrected chi connectivity index (χ3v) is 4.75. The van der Waals surface area contributed by atoms with Crippen molar-refractivity contribution in [1.29, 1.82) is 0 Å². The molecular formula is C13H18N4O2S. The summed E-state index contributed by atoms with van der Waals surface area (Å²) < 4.78 is 27.1. The van der Waals surface area contributed by atoms with E-state index in [-0.39, 0.29) is 4.90 Å². The Bertz CT molecular complexity index is 666. The summed E-state index contributed by atoms with van der Waals surface area (Å²) in [5.74, 6) is 0. The Morgan fingerprint density at radius 3 is 2.85 bits per heavy atom. The van der Waals surface area contributed by atoms with Crippen LogP contribution in [0.1, 0.15) is 16.8 Å². The van der Waals surface area contributed by atoms with Crippen molar-refractivity contribution >= 4 is 10.0 Å². The maximum absolute atomic E-state index is 12.3. The SMILES string of the molecule is Cc1c(CN)cccc1S(=O)(=O)NCCc1cnc[nH]1. The summed E-state index contributed by atoms with van der Waals surface area (Å²) in [6.07, 6.45) is 3.81. The first-order valence-electron chi connectivity index (χ1n) is 6.30. The van der Waals surface area contributed by atoms with Crippen LogP contribution in [0.3, 0.4) is 0 Å². The number of nitrogens with zero attached hydrogens (tertiary/aromatic N) is 1. The van der Waals surface area contributed by atoms with Crippen LogP contribution in [0.25, 0.3) is 0 Å². The van der Waals surface area contributed by atoms with E-state index >= 15 is 0 Å². The Morgan fingerprint density at radius 2 is 2.20 bits per heavy atom. The van der Waals surface area contributed by atoms with Crippen LogP contribution in [-0.2, 0) is 23.0 Å². The van der Waals surface area contributed by atoms with Gasteiger partial charge in [-0.25, -0.2) is 18.1 Å². The van der Waals surface area contributed by atoms with E-state index in [1.165, 1.54) is 0 Å². The van der Waals surface area contributed by atoms with Gasteiger partial charge < -0.3 is 10.7 Å². The summed E-state index contributed by atoms with van der Waals surface area (Å²) in [5, 5.41) is 0. The Hall–Kier alpha value is -1.70. The fourth-order valence-electron chi connectivity index (χ4n) is 1.99. The molecular weight excluding hydrogens is 276 g/mol. The average molecular weight is 294 g/mol. The van der Waals surface area contributed by atoms with Crippen molar-refractivity contribution in [2.24, 2.45) is 5.73 Å². The lowest BCUT2D eigenvalue weighted by Gasteiger charge is -2.11. The highest BCUT2D eigenvalue weighted by Gasteiger charge is 2.17. The predicted octanol–water partition coefficient (Wildman–Crippen LogP) is 0.698. The number of imidazole rings is 1. The number of hydrogen-bond acceptors (Lipinski definition) is 4. The van der Waals surface area contributed by atoms with E-state index in [1.54, 1.807) is 31.6 Å². The minimum atomic E-state index is -3.52. The molecule has 0 fully saturated rings. The second-order valence-electron chi connectivity index (χ2n) is 4.47. The number of benzene rings is 1. The molecule has 20 heavy (non-hydrogen) atoms. The molecule has 0 unspecified atom stereocenters. The van der Waals surface area contributed by atoms with E-state index in [9.17, 15) is 8.42 Å². The minimum absolute atomic E-state index is 0.282. The summed E-state index contributed by atoms with van der Waals surface area (Å²) in [7, 11) is -3.52. The maximum Gasteiger partial charge on any atom is 0.240 e. The van der Waals surface area contributed by atoms with Crippen molar-refractivity contribution in [1.82, 2.24) is 14.7 Å². The Balaban J connectivity index is 2.10. The fraction of sp³-hybridized carbons (Fsp3) is 0.308. The predicted molar refractivity (Wildman–Crippen MR) is 76.6 cm³/mol. The molecule has 0 bridgehead atoms. The van der Waals surface area contributed by atoms with Gasteiger partial charge in [-0.3, -0.25) is 0 Å². The Labute approximate surface area is 118 Å². The average Bonchev–Trinajstić information content (AvgIpc) is 2.91. The van der Waals surface area contributed by atoms with Crippen LogP contribution in [0.4, 0.5) is 0 Å². The standard InChI is InChI=1S/C13H18N4O2S/c1-10-11(7-14)3-2-4-13(10)20(18,19)17-6-5-12-8-15-9-16-12/h2-4,8-9,17H,5-7,14H2,1H3,(H,15,16). The van der Waals surface area contributed by atoms with Gasteiger partial charge in [-0.1, -0.05) is 12.1 Å². The smallest absolute Gasteiger partial charge is 0.240 e. The number of nitrogens with one attached hydrogen (secondary N) is 2. The van der Waals surface area contributed by atoms with Gasteiger partial charge in [-0.2, -0.15) is 0 Å². The van der Waals surface area contributed by atoms with E-state index in [0.717, 1.165) is 11.3 Å². The monoisotopic (exact) mass is 294 g/mol. The molecule has 108 valence electrons. The van der Waals surface area contributed by atoms with Crippen molar-refractivity contribution in [3.05, 3.63) is 47.5 Å². The van der Waals surface area contributed by atoms with Gasteiger partial charge in [0.05, 0.1) is 11.2 Å². The summed E-state index contributed by atoms with van der Waals surface area (Å²) in [6.45, 7) is 2.41. The lowest BCUT2D eigenvalue weighted by Crippen LogP contribution is -2.27. The van der Waals surface area contributed by atoms with E-state index in [1.807, 2.05) is 6.07 Å². The zero-order chi connectivity index (χ0) is 14.6. The molecule has 0 amide bonds. The molecule has 0 atom stereocenters. The summed E-state index contributed by atoms with van der Waals surface area (Å²) >= 11 is 0. The highest BCUT2D eigenvalue weighted by molar-refractivity contribution is 7.89. The van der Waals surface area contributed by atoms with Gasteiger partial charge in [0, 0.05) is 31.4 Å². The van der Waals surface area contributed by atoms with Crippen LogP contribution >= 0.6 is 0 Å². The normalized spacial score (nSPS) is 11.7. The van der Waals surface area contributed by atoms with Gasteiger partial charge in [-0.05, 0) is 24.1 Å². The number of rotatable bonds is 6. The van der Waals surface area contributed by atoms with Crippen molar-refractivity contribution in [3.63, 3.8) is 0 Å². The highest BCUT2D eigenvalue weighted by atomic mass is 32.2. The lowest BCUT2D eigenvalue weighted by molar-refractivity contribution is 0.580. The topological polar surface area (TPSA) is 101 Å². The van der Waals surface area contributed by atoms with Gasteiger partial charge in [0.1, 0.15) is 0 Å². The van der Waals surface area contributed by atoms with E-state index < -0.39 is 10.0 Å². The molecule has 1 aromatic heterocycles. The number of sulfonamides is 1. The van der Waals surface area contributed by atoms with Crippen LogP contribution in [0.15, 0.2) is 35.6 Å². The Morgan fingerprint density at radius 1 is 1.40 bits per heavy atom. The second-order valence-corrected chi connectivity index (χ2v) is 6.20. The van der Waals surface area contributed by atoms with Crippen LogP contribution < -0.4 is 10.5 Å². The molecule has 0 saturated carbocycles. The number of aromatic amines is 1. The molecule has 0 saturated heterocycles. The second kappa shape index (κ2) is 6.17. The Kier molecular flexibility index (Phi) is 4.53. The summed E-state index contributed by atoms with van der Waals surface area (Å²) in [6, 6.07) is 5.13. The first kappa shape index (κ1) is 14.7. The minimum Gasteiger partial charge on any atom is -0.348 e. The number of aromatic nitrogens is 2.